The fourth-order valence-electron chi connectivity index (χ4n) is 4.66. The van der Waals surface area contributed by atoms with Gasteiger partial charge in [0.15, 0.2) is 5.82 Å². The number of anilines is 2. The minimum Gasteiger partial charge on any atom is -0.426 e. The van der Waals surface area contributed by atoms with Gasteiger partial charge >= 0.3 is 0 Å². The third-order valence-electron chi connectivity index (χ3n) is 6.62. The number of aromatic nitrogens is 2. The Balaban J connectivity index is 1.04. The number of carbonyl (C=O) groups is 2. The van der Waals surface area contributed by atoms with Gasteiger partial charge in [-0.1, -0.05) is 48.5 Å². The molecule has 0 atom stereocenters. The summed E-state index contributed by atoms with van der Waals surface area (Å²) in [6.07, 6.45) is -0.118. The maximum Gasteiger partial charge on any atom is 0.251 e. The second-order valence-corrected chi connectivity index (χ2v) is 9.22. The molecule has 1 aromatic heterocycles. The molecule has 6 rings (SSSR count). The van der Waals surface area contributed by atoms with E-state index in [1.54, 1.807) is 36.4 Å². The second-order valence-electron chi connectivity index (χ2n) is 9.22. The number of para-hydroxylation sites is 4. The zero-order valence-electron chi connectivity index (χ0n) is 20.9. The van der Waals surface area contributed by atoms with Gasteiger partial charge < -0.3 is 26.5 Å². The Hall–Kier alpha value is -5.31. The number of rotatable bonds is 7. The van der Waals surface area contributed by atoms with Crippen LogP contribution in [0.2, 0.25) is 0 Å². The third-order valence-corrected chi connectivity index (χ3v) is 6.62. The lowest BCUT2D eigenvalue weighted by Crippen LogP contribution is -2.34. The Morgan fingerprint density at radius 1 is 0.769 bits per heavy atom. The molecule has 2 heterocycles. The van der Waals surface area contributed by atoms with Crippen molar-refractivity contribution in [3.8, 4) is 11.4 Å². The SMILES string of the molecule is O=C(NCCNC(=O)c1cccc(C2Nc3ccccc3N2)c1)c1cccc(-c2nc3ccccc3n2O)c1. The van der Waals surface area contributed by atoms with Crippen molar-refractivity contribution in [1.82, 2.24) is 20.3 Å². The van der Waals surface area contributed by atoms with E-state index in [-0.39, 0.29) is 31.1 Å². The first-order valence-corrected chi connectivity index (χ1v) is 12.6. The number of nitrogens with one attached hydrogen (secondary N) is 4. The first kappa shape index (κ1) is 24.1. The first-order chi connectivity index (χ1) is 19.1. The third kappa shape index (κ3) is 4.85. The van der Waals surface area contributed by atoms with Crippen molar-refractivity contribution in [1.29, 1.82) is 0 Å². The number of hydrogen-bond acceptors (Lipinski definition) is 6. The summed E-state index contributed by atoms with van der Waals surface area (Å²) in [6, 6.07) is 29.5. The fourth-order valence-corrected chi connectivity index (χ4v) is 4.66. The Labute approximate surface area is 224 Å². The van der Waals surface area contributed by atoms with Gasteiger partial charge in [-0.05, 0) is 54.1 Å². The summed E-state index contributed by atoms with van der Waals surface area (Å²) in [6.45, 7) is 0.528. The molecule has 194 valence electrons. The topological polar surface area (TPSA) is 120 Å². The van der Waals surface area contributed by atoms with Crippen molar-refractivity contribution in [2.45, 2.75) is 6.17 Å². The summed E-state index contributed by atoms with van der Waals surface area (Å²) in [5.74, 6) is -0.149. The molecule has 4 aromatic carbocycles. The smallest absolute Gasteiger partial charge is 0.251 e. The summed E-state index contributed by atoms with van der Waals surface area (Å²) >= 11 is 0. The average molecular weight is 519 g/mol. The van der Waals surface area contributed by atoms with E-state index in [1.165, 1.54) is 0 Å². The van der Waals surface area contributed by atoms with Gasteiger partial charge in [-0.25, -0.2) is 4.98 Å². The van der Waals surface area contributed by atoms with Crippen LogP contribution in [0.1, 0.15) is 32.4 Å². The number of hydrogen-bond donors (Lipinski definition) is 5. The van der Waals surface area contributed by atoms with Crippen molar-refractivity contribution in [2.24, 2.45) is 0 Å². The molecule has 2 amide bonds. The number of amides is 2. The Bertz CT molecular complexity index is 1670. The van der Waals surface area contributed by atoms with E-state index in [2.05, 4.69) is 26.3 Å². The molecule has 0 radical (unpaired) electrons. The highest BCUT2D eigenvalue weighted by Crippen LogP contribution is 2.34. The highest BCUT2D eigenvalue weighted by molar-refractivity contribution is 5.96. The molecule has 1 aliphatic heterocycles. The standard InChI is InChI=1S/C30H26N6O3/c37-29(21-9-5-7-19(17-21)27-33-23-11-1-2-12-24(23)34-27)31-15-16-32-30(38)22-10-6-8-20(18-22)28-35-25-13-3-4-14-26(25)36(28)39/h1-14,17-18,27,33-34,39H,15-16H2,(H,31,37)(H,32,38). The minimum absolute atomic E-state index is 0.118. The monoisotopic (exact) mass is 518 g/mol. The Morgan fingerprint density at radius 3 is 2.08 bits per heavy atom. The van der Waals surface area contributed by atoms with Crippen LogP contribution < -0.4 is 21.3 Å². The first-order valence-electron chi connectivity index (χ1n) is 12.6. The summed E-state index contributed by atoms with van der Waals surface area (Å²) in [5, 5.41) is 23.0. The lowest BCUT2D eigenvalue weighted by atomic mass is 10.1. The molecule has 1 aliphatic rings. The maximum atomic E-state index is 12.8. The summed E-state index contributed by atoms with van der Waals surface area (Å²) in [5.41, 5.74) is 5.82. The summed E-state index contributed by atoms with van der Waals surface area (Å²) in [4.78, 5) is 30.0. The van der Waals surface area contributed by atoms with Crippen LogP contribution in [0.4, 0.5) is 11.4 Å². The van der Waals surface area contributed by atoms with Crippen molar-refractivity contribution >= 4 is 34.2 Å². The molecule has 5 aromatic rings. The number of carbonyl (C=O) groups excluding carboxylic acids is 2. The van der Waals surface area contributed by atoms with Crippen LogP contribution in [0, 0.1) is 0 Å². The minimum atomic E-state index is -0.286. The largest absolute Gasteiger partial charge is 0.426 e. The van der Waals surface area contributed by atoms with Crippen LogP contribution in [-0.2, 0) is 0 Å². The van der Waals surface area contributed by atoms with Gasteiger partial charge in [-0.2, -0.15) is 4.73 Å². The molecule has 0 saturated carbocycles. The number of fused-ring (bicyclic) bond motifs is 2. The van der Waals surface area contributed by atoms with Crippen LogP contribution in [0.25, 0.3) is 22.4 Å². The van der Waals surface area contributed by atoms with Crippen molar-refractivity contribution < 1.29 is 14.8 Å². The summed E-state index contributed by atoms with van der Waals surface area (Å²) < 4.78 is 1.02. The molecule has 9 nitrogen and oxygen atoms in total. The highest BCUT2D eigenvalue weighted by Gasteiger charge is 2.21. The molecule has 0 saturated heterocycles. The van der Waals surface area contributed by atoms with Crippen LogP contribution in [0.5, 0.6) is 0 Å². The Morgan fingerprint density at radius 2 is 1.38 bits per heavy atom. The van der Waals surface area contributed by atoms with E-state index in [9.17, 15) is 14.8 Å². The molecule has 0 unspecified atom stereocenters. The zero-order chi connectivity index (χ0) is 26.8. The quantitative estimate of drug-likeness (QED) is 0.158. The maximum absolute atomic E-state index is 12.8. The van der Waals surface area contributed by atoms with Gasteiger partial charge in [0, 0.05) is 29.8 Å². The van der Waals surface area contributed by atoms with Crippen LogP contribution >= 0.6 is 0 Å². The highest BCUT2D eigenvalue weighted by atomic mass is 16.5. The molecule has 0 aliphatic carbocycles. The molecular weight excluding hydrogens is 492 g/mol. The number of nitrogens with zero attached hydrogens (tertiary/aromatic N) is 2. The number of benzene rings is 4. The van der Waals surface area contributed by atoms with Crippen molar-refractivity contribution in [3.63, 3.8) is 0 Å². The van der Waals surface area contributed by atoms with Gasteiger partial charge in [0.2, 0.25) is 0 Å². The molecule has 5 N–H and O–H groups in total. The Kier molecular flexibility index (Phi) is 6.30. The molecule has 0 spiro atoms. The molecular formula is C30H26N6O3. The van der Waals surface area contributed by atoms with E-state index in [0.717, 1.165) is 21.7 Å². The van der Waals surface area contributed by atoms with E-state index >= 15 is 0 Å². The predicted octanol–water partition coefficient (Wildman–Crippen LogP) is 4.64. The fraction of sp³-hybridized carbons (Fsp3) is 0.100. The summed E-state index contributed by atoms with van der Waals surface area (Å²) in [7, 11) is 0. The second kappa shape index (κ2) is 10.2. The van der Waals surface area contributed by atoms with Crippen molar-refractivity contribution in [3.05, 3.63) is 114 Å². The lowest BCUT2D eigenvalue weighted by Gasteiger charge is -2.14. The molecule has 0 bridgehead atoms. The van der Waals surface area contributed by atoms with Gasteiger partial charge in [-0.15, -0.1) is 0 Å². The normalized spacial score (nSPS) is 12.4. The van der Waals surface area contributed by atoms with Crippen LogP contribution in [-0.4, -0.2) is 39.8 Å². The van der Waals surface area contributed by atoms with E-state index in [1.807, 2.05) is 60.7 Å². The predicted molar refractivity (Wildman–Crippen MR) is 150 cm³/mol. The molecule has 9 heteroatoms. The lowest BCUT2D eigenvalue weighted by molar-refractivity contribution is 0.0927. The molecule has 0 fully saturated rings. The van der Waals surface area contributed by atoms with Gasteiger partial charge in [-0.3, -0.25) is 9.59 Å². The number of imidazole rings is 1. The molecule has 39 heavy (non-hydrogen) atoms. The van der Waals surface area contributed by atoms with E-state index < -0.39 is 0 Å². The van der Waals surface area contributed by atoms with E-state index in [0.29, 0.717) is 33.5 Å². The van der Waals surface area contributed by atoms with Crippen LogP contribution in [0.15, 0.2) is 97.1 Å². The average Bonchev–Trinajstić information content (AvgIpc) is 3.57. The van der Waals surface area contributed by atoms with E-state index in [4.69, 9.17) is 0 Å². The zero-order valence-corrected chi connectivity index (χ0v) is 20.9. The van der Waals surface area contributed by atoms with Gasteiger partial charge in [0.1, 0.15) is 11.7 Å². The van der Waals surface area contributed by atoms with Gasteiger partial charge in [0.25, 0.3) is 11.8 Å². The van der Waals surface area contributed by atoms with Crippen molar-refractivity contribution in [2.75, 3.05) is 23.7 Å². The van der Waals surface area contributed by atoms with Crippen LogP contribution in [0.3, 0.4) is 0 Å². The van der Waals surface area contributed by atoms with Gasteiger partial charge in [0.05, 0.1) is 16.9 Å².